The van der Waals surface area contributed by atoms with Gasteiger partial charge in [0.15, 0.2) is 0 Å². The Morgan fingerprint density at radius 3 is 1.82 bits per heavy atom. The molecule has 33 heavy (non-hydrogen) atoms. The van der Waals surface area contributed by atoms with Gasteiger partial charge in [0.2, 0.25) is 0 Å². The van der Waals surface area contributed by atoms with Crippen LogP contribution in [0.1, 0.15) is 65.0 Å². The number of halogens is 2. The fourth-order valence-corrected chi connectivity index (χ4v) is 6.32. The van der Waals surface area contributed by atoms with Gasteiger partial charge in [0, 0.05) is 0 Å². The third-order valence-electron chi connectivity index (χ3n) is 7.60. The molecule has 7 heteroatoms. The summed E-state index contributed by atoms with van der Waals surface area (Å²) in [6, 6.07) is 8.80. The molecule has 0 bridgehead atoms. The Labute approximate surface area is 231 Å². The molecule has 0 aromatic heterocycles. The largest absolute Gasteiger partial charge is 1.00 e. The fourth-order valence-electron chi connectivity index (χ4n) is 3.52. The molecule has 0 amide bonds. The third kappa shape index (κ3) is 6.20. The van der Waals surface area contributed by atoms with Crippen molar-refractivity contribution in [2.45, 2.75) is 90.1 Å². The molecule has 0 saturated heterocycles. The van der Waals surface area contributed by atoms with Crippen molar-refractivity contribution in [1.82, 2.24) is 0 Å². The van der Waals surface area contributed by atoms with Crippen LogP contribution in [0.5, 0.6) is 0 Å². The van der Waals surface area contributed by atoms with Crippen LogP contribution >= 0.6 is 0 Å². The van der Waals surface area contributed by atoms with Crippen molar-refractivity contribution < 1.29 is 58.4 Å². The number of benzene rings is 1. The molecule has 3 rings (SSSR count). The van der Waals surface area contributed by atoms with Crippen molar-refractivity contribution in [3.05, 3.63) is 62.2 Å². The van der Waals surface area contributed by atoms with Crippen LogP contribution in [0.4, 0.5) is 0 Å². The Morgan fingerprint density at radius 2 is 1.33 bits per heavy atom. The van der Waals surface area contributed by atoms with Gasteiger partial charge in [0.1, 0.15) is 0 Å². The number of rotatable bonds is 5. The molecule has 0 spiro atoms. The van der Waals surface area contributed by atoms with E-state index in [1.807, 2.05) is 0 Å². The summed E-state index contributed by atoms with van der Waals surface area (Å²) in [5, 5.41) is 0.258. The Kier molecular flexibility index (Phi) is 9.86. The molecule has 2 aliphatic rings. The number of hydrogen-bond acceptors (Lipinski definition) is 2. The predicted molar refractivity (Wildman–Crippen MR) is 133 cm³/mol. The average Bonchev–Trinajstić information content (AvgIpc) is 3.14. The van der Waals surface area contributed by atoms with Crippen molar-refractivity contribution in [2.75, 3.05) is 0 Å². The summed E-state index contributed by atoms with van der Waals surface area (Å²) in [4.78, 5) is 0. The minimum atomic E-state index is -2.04. The van der Waals surface area contributed by atoms with E-state index in [0.717, 1.165) is 17.9 Å². The molecule has 2 aliphatic carbocycles. The first-order valence-corrected chi connectivity index (χ1v) is 18.4. The molecule has 1 aromatic carbocycles. The number of allylic oxidation sites excluding steroid dienone is 4. The minimum absolute atomic E-state index is 0. The molecule has 0 aliphatic heterocycles. The van der Waals surface area contributed by atoms with E-state index in [0.29, 0.717) is 0 Å². The molecule has 0 heterocycles. The SMILES string of the molecule is CC(C)(C)[Si](C)(C)OC1=C(O[Si](C)(C)C(C)(C)C)C(C2=CC=[C]([Zr+2])C2)c2ccccc21.[Cl-].[Cl-]. The number of fused-ring (bicyclic) bond motifs is 1. The normalized spacial score (nSPS) is 18.7. The van der Waals surface area contributed by atoms with Gasteiger partial charge in [-0.25, -0.2) is 0 Å². The minimum Gasteiger partial charge on any atom is -1.00 e. The maximum atomic E-state index is 7.14. The zero-order valence-corrected chi connectivity index (χ0v) is 27.8. The summed E-state index contributed by atoms with van der Waals surface area (Å²) in [5.74, 6) is 2.25. The van der Waals surface area contributed by atoms with E-state index in [1.165, 1.54) is 44.7 Å². The smallest absolute Gasteiger partial charge is 1.00 e. The van der Waals surface area contributed by atoms with Crippen LogP contribution in [0.2, 0.25) is 36.3 Å². The predicted octanol–water partition coefficient (Wildman–Crippen LogP) is 2.26. The van der Waals surface area contributed by atoms with Gasteiger partial charge in [-0.15, -0.1) is 0 Å². The Bertz CT molecular complexity index is 967. The topological polar surface area (TPSA) is 18.5 Å². The van der Waals surface area contributed by atoms with Gasteiger partial charge in [0.05, 0.1) is 0 Å². The quantitative estimate of drug-likeness (QED) is 0.483. The van der Waals surface area contributed by atoms with Crippen molar-refractivity contribution in [1.29, 1.82) is 0 Å². The maximum absolute atomic E-state index is 7.14. The monoisotopic (exact) mass is 599 g/mol. The van der Waals surface area contributed by atoms with Crippen LogP contribution in [-0.2, 0) is 33.6 Å². The van der Waals surface area contributed by atoms with Crippen LogP contribution in [0, 0.1) is 0 Å². The van der Waals surface area contributed by atoms with Gasteiger partial charge in [0.25, 0.3) is 0 Å². The van der Waals surface area contributed by atoms with Gasteiger partial charge >= 0.3 is 208 Å². The molecule has 2 nitrogen and oxygen atoms in total. The summed E-state index contributed by atoms with van der Waals surface area (Å²) in [7, 11) is -4.08. The first-order chi connectivity index (χ1) is 14.1. The molecule has 1 unspecified atom stereocenters. The molecular formula is C26H39Cl2O2Si2Zr. The maximum Gasteiger partial charge on any atom is -1.00 e. The summed E-state index contributed by atoms with van der Waals surface area (Å²) >= 11 is 1.50. The summed E-state index contributed by atoms with van der Waals surface area (Å²) in [5.41, 5.74) is 4.02. The second-order valence-corrected chi connectivity index (χ2v) is 23.1. The van der Waals surface area contributed by atoms with Crippen LogP contribution in [0.15, 0.2) is 51.0 Å². The van der Waals surface area contributed by atoms with Gasteiger partial charge in [-0.3, -0.25) is 0 Å². The average molecular weight is 602 g/mol. The van der Waals surface area contributed by atoms with Crippen LogP contribution in [-0.4, -0.2) is 16.6 Å². The van der Waals surface area contributed by atoms with Gasteiger partial charge < -0.3 is 24.8 Å². The standard InChI is InChI=1S/C26H39O2Si2.2ClH.Zr/c1-25(2,3)29(7,8)27-23-21-18-14-13-17-20(21)22(19-15-11-12-16-19)24(23)28-30(9,10)26(4,5)6;;;/h11,13-15,17-18,22H,16H2,1-10H3;2*1H;/q;;;+2/p-2. The molecule has 1 aromatic rings. The molecule has 181 valence electrons. The summed E-state index contributed by atoms with van der Waals surface area (Å²) in [6.45, 7) is 23.2. The first-order valence-electron chi connectivity index (χ1n) is 11.4. The fraction of sp³-hybridized carbons (Fsp3) is 0.538. The first kappa shape index (κ1) is 31.0. The van der Waals surface area contributed by atoms with Crippen LogP contribution < -0.4 is 24.8 Å². The van der Waals surface area contributed by atoms with Crippen molar-refractivity contribution in [3.63, 3.8) is 0 Å². The summed E-state index contributed by atoms with van der Waals surface area (Å²) < 4.78 is 15.7. The second kappa shape index (κ2) is 10.5. The molecule has 0 fully saturated rings. The van der Waals surface area contributed by atoms with E-state index < -0.39 is 16.6 Å². The van der Waals surface area contributed by atoms with E-state index in [1.54, 1.807) is 0 Å². The Hall–Kier alpha value is -0.0631. The van der Waals surface area contributed by atoms with Crippen molar-refractivity contribution in [2.24, 2.45) is 0 Å². The Morgan fingerprint density at radius 1 is 0.818 bits per heavy atom. The van der Waals surface area contributed by atoms with E-state index in [9.17, 15) is 0 Å². The zero-order valence-electron chi connectivity index (χ0n) is 21.8. The molecule has 0 N–H and O–H groups in total. The van der Waals surface area contributed by atoms with E-state index >= 15 is 0 Å². The molecule has 1 atom stereocenters. The van der Waals surface area contributed by atoms with E-state index in [2.05, 4.69) is 104 Å². The van der Waals surface area contributed by atoms with Crippen molar-refractivity contribution in [3.8, 4) is 0 Å². The van der Waals surface area contributed by atoms with E-state index in [4.69, 9.17) is 8.85 Å². The zero-order chi connectivity index (χ0) is 23.4. The molecule has 0 saturated carbocycles. The third-order valence-corrected chi connectivity index (χ3v) is 17.1. The summed E-state index contributed by atoms with van der Waals surface area (Å²) in [6.07, 6.45) is 5.68. The van der Waals surface area contributed by atoms with Crippen molar-refractivity contribution >= 4 is 22.4 Å². The van der Waals surface area contributed by atoms with E-state index in [-0.39, 0.29) is 40.8 Å². The van der Waals surface area contributed by atoms with Gasteiger partial charge in [-0.05, 0) is 0 Å². The van der Waals surface area contributed by atoms with Gasteiger partial charge in [-0.1, -0.05) is 0 Å². The van der Waals surface area contributed by atoms with Crippen LogP contribution in [0.3, 0.4) is 0 Å². The van der Waals surface area contributed by atoms with Gasteiger partial charge in [-0.2, -0.15) is 0 Å². The molecular weight excluding hydrogens is 563 g/mol. The van der Waals surface area contributed by atoms with Crippen LogP contribution in [0.25, 0.3) is 5.76 Å². The second-order valence-electron chi connectivity index (χ2n) is 12.0. The number of hydrogen-bond donors (Lipinski definition) is 0. The Balaban J connectivity index is 0.00000272. The molecule has 0 radical (unpaired) electrons.